The molecule has 0 atom stereocenters. The zero-order valence-electron chi connectivity index (χ0n) is 11.4. The average molecular weight is 291 g/mol. The van der Waals surface area contributed by atoms with Crippen LogP contribution in [0.3, 0.4) is 0 Å². The number of rotatable bonds is 6. The number of nitrogens with one attached hydrogen (secondary N) is 2. The van der Waals surface area contributed by atoms with E-state index < -0.39 is 11.4 Å². The van der Waals surface area contributed by atoms with Gasteiger partial charge in [-0.1, -0.05) is 18.2 Å². The summed E-state index contributed by atoms with van der Waals surface area (Å²) in [7, 11) is 0. The van der Waals surface area contributed by atoms with Gasteiger partial charge >= 0.3 is 0 Å². The van der Waals surface area contributed by atoms with Crippen molar-refractivity contribution in [1.29, 1.82) is 0 Å². The number of hydrogen-bond donors (Lipinski definition) is 3. The lowest BCUT2D eigenvalue weighted by molar-refractivity contribution is -0.137. The van der Waals surface area contributed by atoms with Gasteiger partial charge in [-0.3, -0.25) is 14.4 Å². The molecule has 0 spiro atoms. The lowest BCUT2D eigenvalue weighted by Gasteiger charge is -2.41. The molecule has 1 aromatic carbocycles. The van der Waals surface area contributed by atoms with Gasteiger partial charge in [-0.25, -0.2) is 0 Å². The summed E-state index contributed by atoms with van der Waals surface area (Å²) in [6.45, 7) is 0.316. The molecule has 1 saturated heterocycles. The molecule has 0 aromatic heterocycles. The molecular weight excluding hydrogens is 274 g/mol. The van der Waals surface area contributed by atoms with Crippen molar-refractivity contribution in [1.82, 2.24) is 10.6 Å². The van der Waals surface area contributed by atoms with Crippen LogP contribution in [-0.2, 0) is 14.3 Å². The minimum atomic E-state index is -0.736. The van der Waals surface area contributed by atoms with Gasteiger partial charge in [-0.05, 0) is 12.1 Å². The number of ether oxygens (including phenoxy) is 1. The van der Waals surface area contributed by atoms with Gasteiger partial charge in [-0.2, -0.15) is 0 Å². The van der Waals surface area contributed by atoms with E-state index >= 15 is 0 Å². The van der Waals surface area contributed by atoms with Crippen LogP contribution in [-0.4, -0.2) is 43.0 Å². The molecule has 1 aliphatic rings. The van der Waals surface area contributed by atoms with E-state index in [2.05, 4.69) is 10.6 Å². The summed E-state index contributed by atoms with van der Waals surface area (Å²) in [6.07, 6.45) is 0.0192. The van der Waals surface area contributed by atoms with E-state index in [0.717, 1.165) is 0 Å². The molecular formula is C14H17N3O4. The molecule has 0 aliphatic carbocycles. The number of primary amides is 1. The molecule has 7 nitrogen and oxygen atoms in total. The fourth-order valence-corrected chi connectivity index (χ4v) is 2.09. The molecule has 3 amide bonds. The SMILES string of the molecule is NC(=O)CC1(NC(=O)CNC(=O)c2ccccc2)COC1. The fraction of sp³-hybridized carbons (Fsp3) is 0.357. The topological polar surface area (TPSA) is 111 Å². The standard InChI is InChI=1S/C14H17N3O4/c15-11(18)6-14(8-21-9-14)17-12(19)7-16-13(20)10-4-2-1-3-5-10/h1-5H,6-9H2,(H2,15,18)(H,16,20)(H,17,19). The summed E-state index contributed by atoms with van der Waals surface area (Å²) in [5.41, 5.74) is 4.89. The highest BCUT2D eigenvalue weighted by Crippen LogP contribution is 2.20. The molecule has 1 aromatic rings. The maximum Gasteiger partial charge on any atom is 0.251 e. The smallest absolute Gasteiger partial charge is 0.251 e. The van der Waals surface area contributed by atoms with Crippen LogP contribution in [0.2, 0.25) is 0 Å². The molecule has 0 bridgehead atoms. The highest BCUT2D eigenvalue weighted by atomic mass is 16.5. The number of nitrogens with two attached hydrogens (primary N) is 1. The van der Waals surface area contributed by atoms with Gasteiger partial charge in [-0.15, -0.1) is 0 Å². The van der Waals surface area contributed by atoms with E-state index in [1.165, 1.54) is 0 Å². The maximum atomic E-state index is 11.8. The predicted octanol–water partition coefficient (Wildman–Crippen LogP) is -0.823. The zero-order valence-corrected chi connectivity index (χ0v) is 11.4. The van der Waals surface area contributed by atoms with Crippen molar-refractivity contribution in [3.63, 3.8) is 0 Å². The Labute approximate surface area is 121 Å². The monoisotopic (exact) mass is 291 g/mol. The molecule has 1 heterocycles. The Morgan fingerprint density at radius 2 is 1.86 bits per heavy atom. The summed E-state index contributed by atoms with van der Waals surface area (Å²) in [5, 5.41) is 5.20. The van der Waals surface area contributed by atoms with Crippen molar-refractivity contribution in [3.05, 3.63) is 35.9 Å². The van der Waals surface area contributed by atoms with E-state index in [1.807, 2.05) is 0 Å². The van der Waals surface area contributed by atoms with Crippen LogP contribution in [0.4, 0.5) is 0 Å². The van der Waals surface area contributed by atoms with Crippen LogP contribution in [0.1, 0.15) is 16.8 Å². The van der Waals surface area contributed by atoms with Crippen molar-refractivity contribution in [2.75, 3.05) is 19.8 Å². The van der Waals surface area contributed by atoms with Gasteiger partial charge in [0.25, 0.3) is 5.91 Å². The maximum absolute atomic E-state index is 11.8. The Hall–Kier alpha value is -2.41. The quantitative estimate of drug-likeness (QED) is 0.635. The van der Waals surface area contributed by atoms with Crippen LogP contribution in [0.25, 0.3) is 0 Å². The first kappa shape index (κ1) is 15.0. The van der Waals surface area contributed by atoms with Crippen LogP contribution in [0.15, 0.2) is 30.3 Å². The van der Waals surface area contributed by atoms with Gasteiger partial charge in [0.1, 0.15) is 0 Å². The van der Waals surface area contributed by atoms with Crippen LogP contribution in [0, 0.1) is 0 Å². The van der Waals surface area contributed by atoms with Gasteiger partial charge < -0.3 is 21.1 Å². The fourth-order valence-electron chi connectivity index (χ4n) is 2.09. The number of amides is 3. The summed E-state index contributed by atoms with van der Waals surface area (Å²) >= 11 is 0. The molecule has 0 saturated carbocycles. The van der Waals surface area contributed by atoms with E-state index in [1.54, 1.807) is 30.3 Å². The predicted molar refractivity (Wildman–Crippen MR) is 74.3 cm³/mol. The van der Waals surface area contributed by atoms with Crippen LogP contribution < -0.4 is 16.4 Å². The van der Waals surface area contributed by atoms with E-state index in [-0.39, 0.29) is 38.0 Å². The molecule has 1 aliphatic heterocycles. The first-order valence-corrected chi connectivity index (χ1v) is 6.51. The Morgan fingerprint density at radius 3 is 2.38 bits per heavy atom. The van der Waals surface area contributed by atoms with Gasteiger partial charge in [0.05, 0.1) is 31.7 Å². The normalized spacial score (nSPS) is 15.6. The number of benzene rings is 1. The Kier molecular flexibility index (Phi) is 4.54. The first-order valence-electron chi connectivity index (χ1n) is 6.51. The second-order valence-electron chi connectivity index (χ2n) is 5.01. The minimum absolute atomic E-state index is 0.0192. The van der Waals surface area contributed by atoms with Crippen LogP contribution in [0.5, 0.6) is 0 Å². The second kappa shape index (κ2) is 6.36. The summed E-state index contributed by atoms with van der Waals surface area (Å²) in [6, 6.07) is 8.59. The van der Waals surface area contributed by atoms with Crippen molar-refractivity contribution >= 4 is 17.7 Å². The van der Waals surface area contributed by atoms with Crippen molar-refractivity contribution in [2.45, 2.75) is 12.0 Å². The van der Waals surface area contributed by atoms with E-state index in [0.29, 0.717) is 5.56 Å². The first-order chi connectivity index (χ1) is 10.0. The van der Waals surface area contributed by atoms with Gasteiger partial charge in [0.2, 0.25) is 11.8 Å². The molecule has 2 rings (SSSR count). The van der Waals surface area contributed by atoms with Crippen LogP contribution >= 0.6 is 0 Å². The molecule has 4 N–H and O–H groups in total. The largest absolute Gasteiger partial charge is 0.376 e. The van der Waals surface area contributed by atoms with Crippen molar-refractivity contribution < 1.29 is 19.1 Å². The molecule has 7 heteroatoms. The highest BCUT2D eigenvalue weighted by Gasteiger charge is 2.41. The third kappa shape index (κ3) is 4.03. The summed E-state index contributed by atoms with van der Waals surface area (Å²) in [4.78, 5) is 34.6. The molecule has 21 heavy (non-hydrogen) atoms. The van der Waals surface area contributed by atoms with Crippen molar-refractivity contribution in [3.8, 4) is 0 Å². The van der Waals surface area contributed by atoms with E-state index in [9.17, 15) is 14.4 Å². The average Bonchev–Trinajstić information content (AvgIpc) is 2.43. The molecule has 0 radical (unpaired) electrons. The Morgan fingerprint density at radius 1 is 1.19 bits per heavy atom. The van der Waals surface area contributed by atoms with Gasteiger partial charge in [0, 0.05) is 5.56 Å². The number of hydrogen-bond acceptors (Lipinski definition) is 4. The Balaban J connectivity index is 1.82. The number of carbonyl (C=O) groups is 3. The molecule has 112 valence electrons. The lowest BCUT2D eigenvalue weighted by atomic mass is 9.92. The number of carbonyl (C=O) groups excluding carboxylic acids is 3. The highest BCUT2D eigenvalue weighted by molar-refractivity contribution is 5.96. The van der Waals surface area contributed by atoms with Crippen molar-refractivity contribution in [2.24, 2.45) is 5.73 Å². The molecule has 0 unspecified atom stereocenters. The lowest BCUT2D eigenvalue weighted by Crippen LogP contribution is -2.64. The molecule has 1 fully saturated rings. The summed E-state index contributed by atoms with van der Waals surface area (Å²) in [5.74, 6) is -1.23. The summed E-state index contributed by atoms with van der Waals surface area (Å²) < 4.78 is 5.03. The zero-order chi connectivity index (χ0) is 15.3. The minimum Gasteiger partial charge on any atom is -0.376 e. The van der Waals surface area contributed by atoms with E-state index in [4.69, 9.17) is 10.5 Å². The third-order valence-corrected chi connectivity index (χ3v) is 3.12. The second-order valence-corrected chi connectivity index (χ2v) is 5.01. The Bertz CT molecular complexity index is 540. The van der Waals surface area contributed by atoms with Gasteiger partial charge in [0.15, 0.2) is 0 Å². The third-order valence-electron chi connectivity index (χ3n) is 3.12.